The number of benzene rings is 1. The number of H-pyrrole nitrogens is 1. The second-order valence-corrected chi connectivity index (χ2v) is 4.54. The predicted molar refractivity (Wildman–Crippen MR) is 72.5 cm³/mol. The van der Waals surface area contributed by atoms with Crippen LogP contribution in [0.5, 0.6) is 0 Å². The lowest BCUT2D eigenvalue weighted by Crippen LogP contribution is -2.12. The molecule has 2 rings (SSSR count). The molecule has 0 aliphatic rings. The van der Waals surface area contributed by atoms with Crippen LogP contribution in [0.2, 0.25) is 0 Å². The smallest absolute Gasteiger partial charge is 0.305 e. The molecule has 108 valence electrons. The molecule has 1 N–H and O–H groups in total. The van der Waals surface area contributed by atoms with E-state index in [-0.39, 0.29) is 5.52 Å². The van der Waals surface area contributed by atoms with Crippen molar-refractivity contribution in [1.82, 2.24) is 9.55 Å². The van der Waals surface area contributed by atoms with Crippen molar-refractivity contribution in [2.24, 2.45) is 7.05 Å². The molecule has 3 nitrogen and oxygen atoms in total. The molecule has 0 aliphatic carbocycles. The Morgan fingerprint density at radius 1 is 1.40 bits per heavy atom. The van der Waals surface area contributed by atoms with Gasteiger partial charge < -0.3 is 4.98 Å². The van der Waals surface area contributed by atoms with Gasteiger partial charge in [0.1, 0.15) is 0 Å². The zero-order valence-electron chi connectivity index (χ0n) is 11.4. The van der Waals surface area contributed by atoms with Crippen LogP contribution in [0, 0.1) is 0 Å². The van der Waals surface area contributed by atoms with Gasteiger partial charge in [-0.3, -0.25) is 4.57 Å². The number of halogens is 3. The minimum Gasteiger partial charge on any atom is -0.305 e. The molecule has 0 radical (unpaired) electrons. The molecule has 0 saturated carbocycles. The number of aromatic nitrogens is 2. The van der Waals surface area contributed by atoms with Crippen molar-refractivity contribution < 1.29 is 13.2 Å². The van der Waals surface area contributed by atoms with Crippen molar-refractivity contribution in [3.8, 4) is 0 Å². The van der Waals surface area contributed by atoms with Gasteiger partial charge in [-0.25, -0.2) is 4.79 Å². The fraction of sp³-hybridized carbons (Fsp3) is 0.357. The van der Waals surface area contributed by atoms with E-state index in [2.05, 4.69) is 4.98 Å². The fourth-order valence-corrected chi connectivity index (χ4v) is 2.40. The van der Waals surface area contributed by atoms with Gasteiger partial charge in [0.05, 0.1) is 16.6 Å². The third-order valence-electron chi connectivity index (χ3n) is 3.43. The zero-order valence-corrected chi connectivity index (χ0v) is 11.4. The molecule has 2 aromatic rings. The average molecular weight is 284 g/mol. The molecule has 1 aromatic heterocycles. The highest BCUT2D eigenvalue weighted by Gasteiger charge is 2.34. The minimum atomic E-state index is -4.50. The van der Waals surface area contributed by atoms with Crippen LogP contribution in [0.1, 0.15) is 31.4 Å². The van der Waals surface area contributed by atoms with Crippen LogP contribution in [-0.4, -0.2) is 9.55 Å². The van der Waals surface area contributed by atoms with E-state index < -0.39 is 17.4 Å². The summed E-state index contributed by atoms with van der Waals surface area (Å²) < 4.78 is 40.2. The minimum absolute atomic E-state index is 0.157. The van der Waals surface area contributed by atoms with Crippen molar-refractivity contribution in [1.29, 1.82) is 0 Å². The third kappa shape index (κ3) is 2.15. The molecule has 0 fully saturated rings. The number of fused-ring (bicyclic) bond motifs is 1. The van der Waals surface area contributed by atoms with E-state index in [1.807, 2.05) is 19.9 Å². The maximum Gasteiger partial charge on any atom is 0.418 e. The molecule has 1 aromatic carbocycles. The Morgan fingerprint density at radius 3 is 2.55 bits per heavy atom. The van der Waals surface area contributed by atoms with E-state index in [1.165, 1.54) is 17.7 Å². The number of nitrogens with one attached hydrogen (secondary N) is 1. The number of hydrogen-bond acceptors (Lipinski definition) is 1. The second-order valence-electron chi connectivity index (χ2n) is 4.54. The first-order chi connectivity index (χ1) is 9.31. The van der Waals surface area contributed by atoms with Crippen LogP contribution in [0.4, 0.5) is 13.2 Å². The van der Waals surface area contributed by atoms with Crippen molar-refractivity contribution in [2.75, 3.05) is 0 Å². The summed E-state index contributed by atoms with van der Waals surface area (Å²) in [5.41, 5.74) is 0.317. The van der Waals surface area contributed by atoms with Gasteiger partial charge >= 0.3 is 11.9 Å². The number of rotatable bonds is 2. The Hall–Kier alpha value is -1.98. The second kappa shape index (κ2) is 4.85. The number of hydrogen-bond donors (Lipinski definition) is 1. The topological polar surface area (TPSA) is 37.8 Å². The molecule has 0 atom stereocenters. The monoisotopic (exact) mass is 284 g/mol. The molecule has 0 aliphatic heterocycles. The number of aromatic amines is 1. The molecular formula is C14H15F3N2O. The molecule has 0 spiro atoms. The Bertz CT molecular complexity index is 735. The van der Waals surface area contributed by atoms with Gasteiger partial charge in [0, 0.05) is 12.6 Å². The van der Waals surface area contributed by atoms with Gasteiger partial charge in [0.15, 0.2) is 0 Å². The zero-order chi connectivity index (χ0) is 15.1. The first-order valence-corrected chi connectivity index (χ1v) is 6.25. The maximum absolute atomic E-state index is 13.0. The van der Waals surface area contributed by atoms with Gasteiger partial charge in [-0.1, -0.05) is 19.1 Å². The summed E-state index contributed by atoms with van der Waals surface area (Å²) in [4.78, 5) is 14.0. The molecule has 0 bridgehead atoms. The van der Waals surface area contributed by atoms with Crippen LogP contribution in [0.15, 0.2) is 23.0 Å². The normalized spacial score (nSPS) is 13.2. The highest BCUT2D eigenvalue weighted by atomic mass is 19.4. The fourth-order valence-electron chi connectivity index (χ4n) is 2.40. The summed E-state index contributed by atoms with van der Waals surface area (Å²) in [6.45, 7) is 3.75. The number of aryl methyl sites for hydroxylation is 1. The Morgan fingerprint density at radius 2 is 2.05 bits per heavy atom. The molecule has 1 heterocycles. The van der Waals surface area contributed by atoms with Gasteiger partial charge in [-0.05, 0) is 25.0 Å². The highest BCUT2D eigenvalue weighted by molar-refractivity contribution is 5.91. The highest BCUT2D eigenvalue weighted by Crippen LogP contribution is 2.36. The Balaban J connectivity index is 2.93. The summed E-state index contributed by atoms with van der Waals surface area (Å²) in [7, 11) is 1.47. The summed E-state index contributed by atoms with van der Waals surface area (Å²) in [6, 6.07) is 2.45. The third-order valence-corrected chi connectivity index (χ3v) is 3.43. The van der Waals surface area contributed by atoms with Gasteiger partial charge in [-0.15, -0.1) is 0 Å². The van der Waals surface area contributed by atoms with E-state index >= 15 is 0 Å². The lowest BCUT2D eigenvalue weighted by Gasteiger charge is -2.12. The largest absolute Gasteiger partial charge is 0.418 e. The number of imidazole rings is 1. The summed E-state index contributed by atoms with van der Waals surface area (Å²) >= 11 is 0. The first kappa shape index (κ1) is 14.4. The van der Waals surface area contributed by atoms with Crippen molar-refractivity contribution in [3.05, 3.63) is 39.8 Å². The molecule has 0 amide bonds. The van der Waals surface area contributed by atoms with Crippen LogP contribution in [-0.2, 0) is 13.2 Å². The Kier molecular flexibility index (Phi) is 3.50. The van der Waals surface area contributed by atoms with Gasteiger partial charge in [0.25, 0.3) is 0 Å². The van der Waals surface area contributed by atoms with Crippen LogP contribution in [0.3, 0.4) is 0 Å². The summed E-state index contributed by atoms with van der Waals surface area (Å²) in [5, 5.41) is 0. The quantitative estimate of drug-likeness (QED) is 0.897. The van der Waals surface area contributed by atoms with E-state index in [0.29, 0.717) is 17.5 Å². The van der Waals surface area contributed by atoms with E-state index in [9.17, 15) is 18.0 Å². The molecular weight excluding hydrogens is 269 g/mol. The van der Waals surface area contributed by atoms with Crippen LogP contribution < -0.4 is 5.69 Å². The van der Waals surface area contributed by atoms with E-state index in [4.69, 9.17) is 0 Å². The first-order valence-electron chi connectivity index (χ1n) is 6.25. The average Bonchev–Trinajstić information content (AvgIpc) is 2.66. The van der Waals surface area contributed by atoms with Crippen LogP contribution in [0.25, 0.3) is 16.6 Å². The van der Waals surface area contributed by atoms with Crippen LogP contribution >= 0.6 is 0 Å². The number of allylic oxidation sites excluding steroid dienone is 2. The molecule has 20 heavy (non-hydrogen) atoms. The van der Waals surface area contributed by atoms with Crippen molar-refractivity contribution in [3.63, 3.8) is 0 Å². The molecule has 0 unspecified atom stereocenters. The molecule has 6 heteroatoms. The van der Waals surface area contributed by atoms with E-state index in [0.717, 1.165) is 11.6 Å². The Labute approximate surface area is 113 Å². The predicted octanol–water partition coefficient (Wildman–Crippen LogP) is 3.70. The van der Waals surface area contributed by atoms with Gasteiger partial charge in [-0.2, -0.15) is 13.2 Å². The van der Waals surface area contributed by atoms with Crippen molar-refractivity contribution in [2.45, 2.75) is 26.4 Å². The number of alkyl halides is 3. The number of nitrogens with zero attached hydrogens (tertiary/aromatic N) is 1. The SMILES string of the molecule is C/C=C(/CC)c1ccc(C(F)(F)F)c2[nH]c(=O)n(C)c12. The molecule has 0 saturated heterocycles. The summed E-state index contributed by atoms with van der Waals surface area (Å²) in [6.07, 6.45) is -1.97. The van der Waals surface area contributed by atoms with E-state index in [1.54, 1.807) is 0 Å². The summed E-state index contributed by atoms with van der Waals surface area (Å²) in [5.74, 6) is 0. The van der Waals surface area contributed by atoms with Crippen molar-refractivity contribution >= 4 is 16.6 Å². The standard InChI is InChI=1S/C14H15F3N2O/c1-4-8(5-2)9-6-7-10(14(15,16)17)11-12(9)19(3)13(20)18-11/h4,6-7H,5H2,1-3H3,(H,18,20)/b8-4-. The van der Waals surface area contributed by atoms with Gasteiger partial charge in [0.2, 0.25) is 0 Å². The lowest BCUT2D eigenvalue weighted by molar-refractivity contribution is -0.136. The lowest BCUT2D eigenvalue weighted by atomic mass is 9.99. The maximum atomic E-state index is 13.0.